The van der Waals surface area contributed by atoms with E-state index < -0.39 is 10.0 Å². The fourth-order valence-electron chi connectivity index (χ4n) is 3.47. The first-order valence-electron chi connectivity index (χ1n) is 8.06. The maximum absolute atomic E-state index is 11.8. The van der Waals surface area contributed by atoms with Crippen LogP contribution in [0.1, 0.15) is 30.7 Å². The van der Waals surface area contributed by atoms with Crippen molar-refractivity contribution < 1.29 is 17.9 Å². The van der Waals surface area contributed by atoms with Crippen molar-refractivity contribution in [1.82, 2.24) is 9.29 Å². The molecule has 3 rings (SSSR count). The molecule has 3 atom stereocenters. The molecule has 2 saturated heterocycles. The number of pyridine rings is 1. The molecule has 2 aliphatic rings. The van der Waals surface area contributed by atoms with Crippen LogP contribution in [0, 0.1) is 6.92 Å². The Morgan fingerprint density at radius 2 is 2.17 bits per heavy atom. The Kier molecular flexibility index (Phi) is 5.01. The van der Waals surface area contributed by atoms with Gasteiger partial charge >= 0.3 is 0 Å². The lowest BCUT2D eigenvalue weighted by Crippen LogP contribution is -2.45. The van der Waals surface area contributed by atoms with Crippen molar-refractivity contribution >= 4 is 10.0 Å². The molecular formula is C16H24N2O4S. The van der Waals surface area contributed by atoms with Crippen LogP contribution in [0.15, 0.2) is 18.2 Å². The summed E-state index contributed by atoms with van der Waals surface area (Å²) in [4.78, 5) is 4.41. The summed E-state index contributed by atoms with van der Waals surface area (Å²) >= 11 is 0. The van der Waals surface area contributed by atoms with E-state index in [0.717, 1.165) is 30.7 Å². The monoisotopic (exact) mass is 340 g/mol. The number of fused-ring (bicyclic) bond motifs is 1. The first kappa shape index (κ1) is 16.8. The summed E-state index contributed by atoms with van der Waals surface area (Å²) in [5, 5.41) is 0. The second-order valence-electron chi connectivity index (χ2n) is 6.39. The number of hydrogen-bond acceptors (Lipinski definition) is 5. The van der Waals surface area contributed by atoms with Gasteiger partial charge in [0.05, 0.1) is 43.4 Å². The number of ether oxygens (including phenoxy) is 2. The van der Waals surface area contributed by atoms with E-state index >= 15 is 0 Å². The van der Waals surface area contributed by atoms with Crippen LogP contribution in [0.3, 0.4) is 0 Å². The Bertz CT molecular complexity index is 649. The molecule has 1 aromatic rings. The van der Waals surface area contributed by atoms with Crippen molar-refractivity contribution in [2.75, 3.05) is 19.4 Å². The summed E-state index contributed by atoms with van der Waals surface area (Å²) in [6, 6.07) is 5.88. The van der Waals surface area contributed by atoms with Crippen molar-refractivity contribution in [2.24, 2.45) is 0 Å². The summed E-state index contributed by atoms with van der Waals surface area (Å²) < 4.78 is 36.9. The molecule has 1 aromatic heterocycles. The van der Waals surface area contributed by atoms with E-state index in [1.54, 1.807) is 4.31 Å². The number of nitrogens with zero attached hydrogens (tertiary/aromatic N) is 2. The van der Waals surface area contributed by atoms with Gasteiger partial charge in [-0.1, -0.05) is 6.07 Å². The largest absolute Gasteiger partial charge is 0.372 e. The van der Waals surface area contributed by atoms with Gasteiger partial charge < -0.3 is 9.47 Å². The number of rotatable bonds is 5. The molecule has 7 heteroatoms. The first-order chi connectivity index (χ1) is 10.9. The van der Waals surface area contributed by atoms with E-state index in [0.29, 0.717) is 19.8 Å². The molecule has 3 heterocycles. The molecule has 0 N–H and O–H groups in total. The predicted octanol–water partition coefficient (Wildman–Crippen LogP) is 1.49. The second kappa shape index (κ2) is 6.84. The molecule has 0 saturated carbocycles. The Hall–Kier alpha value is -1.02. The van der Waals surface area contributed by atoms with Gasteiger partial charge in [0.2, 0.25) is 10.0 Å². The van der Waals surface area contributed by atoms with Gasteiger partial charge in [-0.15, -0.1) is 0 Å². The first-order valence-corrected chi connectivity index (χ1v) is 9.91. The van der Waals surface area contributed by atoms with E-state index in [1.165, 1.54) is 6.26 Å². The molecular weight excluding hydrogens is 316 g/mol. The molecule has 2 aliphatic heterocycles. The van der Waals surface area contributed by atoms with Crippen LogP contribution in [0.4, 0.5) is 0 Å². The van der Waals surface area contributed by atoms with Crippen LogP contribution in [-0.2, 0) is 26.1 Å². The normalized spacial score (nSPS) is 28.7. The van der Waals surface area contributed by atoms with Gasteiger partial charge in [-0.05, 0) is 38.3 Å². The third-order valence-electron chi connectivity index (χ3n) is 4.51. The molecule has 23 heavy (non-hydrogen) atoms. The second-order valence-corrected chi connectivity index (χ2v) is 8.32. The van der Waals surface area contributed by atoms with Crippen LogP contribution in [0.25, 0.3) is 0 Å². The van der Waals surface area contributed by atoms with Crippen LogP contribution in [-0.4, -0.2) is 55.4 Å². The van der Waals surface area contributed by atoms with Gasteiger partial charge in [0.25, 0.3) is 0 Å². The van der Waals surface area contributed by atoms with Gasteiger partial charge in [-0.3, -0.25) is 4.98 Å². The van der Waals surface area contributed by atoms with E-state index in [4.69, 9.17) is 9.47 Å². The zero-order valence-electron chi connectivity index (χ0n) is 13.6. The highest BCUT2D eigenvalue weighted by Crippen LogP contribution is 2.33. The maximum Gasteiger partial charge on any atom is 0.211 e. The number of aromatic nitrogens is 1. The minimum absolute atomic E-state index is 0.000287. The van der Waals surface area contributed by atoms with E-state index in [1.807, 2.05) is 25.1 Å². The Balaban J connectivity index is 1.48. The van der Waals surface area contributed by atoms with Crippen LogP contribution < -0.4 is 0 Å². The predicted molar refractivity (Wildman–Crippen MR) is 86.5 cm³/mol. The quantitative estimate of drug-likeness (QED) is 0.812. The highest BCUT2D eigenvalue weighted by Gasteiger charge is 2.43. The van der Waals surface area contributed by atoms with Crippen LogP contribution in [0.5, 0.6) is 0 Å². The average Bonchev–Trinajstić information content (AvgIpc) is 2.90. The molecule has 6 nitrogen and oxygen atoms in total. The SMILES string of the molecule is Cc1cccc(COC[C@@H]2CC[C@@H]3[C@@H](CCN3S(C)(=O)=O)O2)n1. The average molecular weight is 340 g/mol. The lowest BCUT2D eigenvalue weighted by molar-refractivity contribution is -0.0963. The molecule has 0 amide bonds. The van der Waals surface area contributed by atoms with Gasteiger partial charge in [-0.2, -0.15) is 4.31 Å². The molecule has 0 unspecified atom stereocenters. The minimum Gasteiger partial charge on any atom is -0.372 e. The fourth-order valence-corrected chi connectivity index (χ4v) is 4.64. The Morgan fingerprint density at radius 3 is 2.91 bits per heavy atom. The van der Waals surface area contributed by atoms with Gasteiger partial charge in [-0.25, -0.2) is 8.42 Å². The smallest absolute Gasteiger partial charge is 0.211 e. The summed E-state index contributed by atoms with van der Waals surface area (Å²) in [7, 11) is -3.13. The molecule has 0 spiro atoms. The van der Waals surface area contributed by atoms with Gasteiger partial charge in [0, 0.05) is 12.2 Å². The zero-order valence-corrected chi connectivity index (χ0v) is 14.5. The summed E-state index contributed by atoms with van der Waals surface area (Å²) in [6.07, 6.45) is 3.76. The number of aryl methyl sites for hydroxylation is 1. The molecule has 0 aromatic carbocycles. The van der Waals surface area contributed by atoms with Crippen molar-refractivity contribution in [2.45, 2.75) is 51.0 Å². The minimum atomic E-state index is -3.13. The standard InChI is InChI=1S/C16H24N2O4S/c1-12-4-3-5-13(17-12)10-21-11-14-6-7-15-16(22-14)8-9-18(15)23(2,19)20/h3-5,14-16H,6-11H2,1-2H3/t14-,15+,16+/m0/s1. The molecule has 128 valence electrons. The van der Waals surface area contributed by atoms with E-state index in [9.17, 15) is 8.42 Å². The summed E-state index contributed by atoms with van der Waals surface area (Å²) in [5.74, 6) is 0. The lowest BCUT2D eigenvalue weighted by atomic mass is 10.0. The van der Waals surface area contributed by atoms with Gasteiger partial charge in [0.1, 0.15) is 0 Å². The van der Waals surface area contributed by atoms with Crippen molar-refractivity contribution in [1.29, 1.82) is 0 Å². The summed E-state index contributed by atoms with van der Waals surface area (Å²) in [5.41, 5.74) is 1.90. The highest BCUT2D eigenvalue weighted by molar-refractivity contribution is 7.88. The van der Waals surface area contributed by atoms with E-state index in [-0.39, 0.29) is 18.2 Å². The molecule has 2 fully saturated rings. The van der Waals surface area contributed by atoms with Crippen LogP contribution >= 0.6 is 0 Å². The van der Waals surface area contributed by atoms with Crippen LogP contribution in [0.2, 0.25) is 0 Å². The summed E-state index contributed by atoms with van der Waals surface area (Å²) in [6.45, 7) is 3.53. The van der Waals surface area contributed by atoms with Crippen molar-refractivity contribution in [3.8, 4) is 0 Å². The maximum atomic E-state index is 11.8. The van der Waals surface area contributed by atoms with E-state index in [2.05, 4.69) is 4.98 Å². The molecule has 0 aliphatic carbocycles. The highest BCUT2D eigenvalue weighted by atomic mass is 32.2. The lowest BCUT2D eigenvalue weighted by Gasteiger charge is -2.35. The number of sulfonamides is 1. The molecule has 0 bridgehead atoms. The Labute approximate surface area is 137 Å². The third kappa shape index (κ3) is 4.09. The van der Waals surface area contributed by atoms with Crippen molar-refractivity contribution in [3.63, 3.8) is 0 Å². The number of hydrogen-bond donors (Lipinski definition) is 0. The Morgan fingerprint density at radius 1 is 1.35 bits per heavy atom. The topological polar surface area (TPSA) is 68.7 Å². The third-order valence-corrected chi connectivity index (χ3v) is 5.82. The molecule has 0 radical (unpaired) electrons. The van der Waals surface area contributed by atoms with Gasteiger partial charge in [0.15, 0.2) is 0 Å². The van der Waals surface area contributed by atoms with Crippen molar-refractivity contribution in [3.05, 3.63) is 29.6 Å². The zero-order chi connectivity index (χ0) is 16.4. The fraction of sp³-hybridized carbons (Fsp3) is 0.688.